The third-order valence-corrected chi connectivity index (χ3v) is 11.8. The van der Waals surface area contributed by atoms with Crippen molar-refractivity contribution in [2.45, 2.75) is 49.8 Å². The summed E-state index contributed by atoms with van der Waals surface area (Å²) in [5.41, 5.74) is 3.94. The van der Waals surface area contributed by atoms with Crippen molar-refractivity contribution in [3.63, 3.8) is 0 Å². The molecular formula is C38H35FN8O4S. The monoisotopic (exact) mass is 718 g/mol. The Balaban J connectivity index is 1.15. The van der Waals surface area contributed by atoms with E-state index in [-0.39, 0.29) is 46.4 Å². The van der Waals surface area contributed by atoms with Crippen LogP contribution in [0.25, 0.3) is 33.4 Å². The summed E-state index contributed by atoms with van der Waals surface area (Å²) in [4.78, 5) is 13.9. The number of rotatable bonds is 10. The standard InChI is InChI=1S/C38H35FN8O4S/c1-24-3-7-32(8-4-24)52(50,51)47-34(28-19-43-45(20-28)11-2-12-48)15-33-37(27(16-40)18-42-38(33)47)25-5-10-36(41-17-25)44-22-30-14-31(23-44)46(30)21-26-13-29(39)6-9-35(26)49/h3-10,13,15,17-20,30-31,48-49H,2,11-12,14,21-23H2,1H3. The molecule has 0 radical (unpaired) electrons. The van der Waals surface area contributed by atoms with E-state index >= 15 is 0 Å². The largest absolute Gasteiger partial charge is 0.508 e. The number of aryl methyl sites for hydroxylation is 2. The van der Waals surface area contributed by atoms with Crippen LogP contribution >= 0.6 is 0 Å². The summed E-state index contributed by atoms with van der Waals surface area (Å²) < 4.78 is 45.4. The van der Waals surface area contributed by atoms with Crippen molar-refractivity contribution in [1.82, 2.24) is 28.6 Å². The molecule has 2 unspecified atom stereocenters. The fourth-order valence-electron chi connectivity index (χ4n) is 7.36. The van der Waals surface area contributed by atoms with Gasteiger partial charge in [0.1, 0.15) is 23.5 Å². The highest BCUT2D eigenvalue weighted by Gasteiger charge is 2.45. The van der Waals surface area contributed by atoms with Crippen LogP contribution in [0.15, 0.2) is 90.3 Å². The van der Waals surface area contributed by atoms with Gasteiger partial charge in [0, 0.05) is 91.1 Å². The molecule has 6 aromatic rings. The van der Waals surface area contributed by atoms with Crippen molar-refractivity contribution in [1.29, 1.82) is 5.26 Å². The quantitative estimate of drug-likeness (QED) is 0.196. The lowest BCUT2D eigenvalue weighted by atomic mass is 9.86. The third kappa shape index (κ3) is 5.86. The van der Waals surface area contributed by atoms with Crippen molar-refractivity contribution in [2.24, 2.45) is 0 Å². The van der Waals surface area contributed by atoms with Gasteiger partial charge in [-0.3, -0.25) is 9.58 Å². The topological polar surface area (TPSA) is 153 Å². The second-order valence-corrected chi connectivity index (χ2v) is 15.2. The number of nitriles is 1. The molecule has 0 aliphatic carbocycles. The summed E-state index contributed by atoms with van der Waals surface area (Å²) in [5.74, 6) is 0.484. The Morgan fingerprint density at radius 1 is 0.981 bits per heavy atom. The Kier molecular flexibility index (Phi) is 8.49. The minimum atomic E-state index is -4.16. The van der Waals surface area contributed by atoms with Gasteiger partial charge in [-0.2, -0.15) is 10.4 Å². The van der Waals surface area contributed by atoms with Crippen LogP contribution in [0.1, 0.15) is 29.5 Å². The van der Waals surface area contributed by atoms with Crippen molar-refractivity contribution in [2.75, 3.05) is 24.6 Å². The van der Waals surface area contributed by atoms with E-state index in [1.54, 1.807) is 53.6 Å². The summed E-state index contributed by atoms with van der Waals surface area (Å²) in [6, 6.07) is 18.8. The van der Waals surface area contributed by atoms with Crippen LogP contribution in [0.2, 0.25) is 0 Å². The first-order valence-corrected chi connectivity index (χ1v) is 18.4. The molecule has 9 rings (SSSR count). The summed E-state index contributed by atoms with van der Waals surface area (Å²) >= 11 is 0. The van der Waals surface area contributed by atoms with Crippen LogP contribution in [-0.2, 0) is 23.1 Å². The zero-order chi connectivity index (χ0) is 36.1. The van der Waals surface area contributed by atoms with Crippen LogP contribution in [0.4, 0.5) is 10.2 Å². The molecular weight excluding hydrogens is 684 g/mol. The molecule has 3 saturated heterocycles. The molecule has 4 aromatic heterocycles. The van der Waals surface area contributed by atoms with Gasteiger partial charge in [-0.05, 0) is 68.3 Å². The number of aliphatic hydroxyl groups is 1. The number of benzene rings is 2. The number of nitrogens with zero attached hydrogens (tertiary/aromatic N) is 8. The summed E-state index contributed by atoms with van der Waals surface area (Å²) in [6.07, 6.45) is 7.91. The molecule has 3 aliphatic rings. The maximum Gasteiger partial charge on any atom is 0.269 e. The number of piperazine rings is 1. The molecule has 52 heavy (non-hydrogen) atoms. The van der Waals surface area contributed by atoms with Gasteiger partial charge in [0.15, 0.2) is 5.65 Å². The van der Waals surface area contributed by atoms with Gasteiger partial charge in [0.25, 0.3) is 10.0 Å². The van der Waals surface area contributed by atoms with Crippen LogP contribution in [0, 0.1) is 24.1 Å². The van der Waals surface area contributed by atoms with Gasteiger partial charge in [-0.15, -0.1) is 0 Å². The molecule has 0 saturated carbocycles. The lowest BCUT2D eigenvalue weighted by Crippen LogP contribution is -2.68. The first-order chi connectivity index (χ1) is 25.1. The first-order valence-electron chi connectivity index (χ1n) is 17.0. The molecule has 3 fully saturated rings. The molecule has 2 aromatic carbocycles. The van der Waals surface area contributed by atoms with Crippen LogP contribution in [-0.4, -0.2) is 79.0 Å². The second kappa shape index (κ2) is 13.2. The van der Waals surface area contributed by atoms with Crippen LogP contribution < -0.4 is 4.90 Å². The average Bonchev–Trinajstić information content (AvgIpc) is 3.79. The van der Waals surface area contributed by atoms with Crippen LogP contribution in [0.5, 0.6) is 5.75 Å². The number of aliphatic hydroxyl groups excluding tert-OH is 1. The Hall–Kier alpha value is -5.62. The zero-order valence-corrected chi connectivity index (χ0v) is 29.1. The molecule has 2 bridgehead atoms. The number of aromatic nitrogens is 5. The third-order valence-electron chi connectivity index (χ3n) is 10.0. The van der Waals surface area contributed by atoms with E-state index in [2.05, 4.69) is 26.0 Å². The van der Waals surface area contributed by atoms with E-state index in [1.807, 2.05) is 19.1 Å². The number of fused-ring (bicyclic) bond motifs is 3. The SMILES string of the molecule is Cc1ccc(S(=O)(=O)n2c(-c3cnn(CCCO)c3)cc3c(-c4ccc(N5CC6CC(C5)N6Cc5cc(F)ccc5O)nc4)c(C#N)cnc32)cc1. The molecule has 2 N–H and O–H groups in total. The molecule has 3 aliphatic heterocycles. The van der Waals surface area contributed by atoms with Gasteiger partial charge in [-0.25, -0.2) is 26.7 Å². The zero-order valence-electron chi connectivity index (χ0n) is 28.3. The Morgan fingerprint density at radius 3 is 2.48 bits per heavy atom. The number of aromatic hydroxyl groups is 1. The molecule has 0 spiro atoms. The molecule has 2 atom stereocenters. The number of phenolic OH excluding ortho intramolecular Hbond substituents is 1. The average molecular weight is 719 g/mol. The van der Waals surface area contributed by atoms with E-state index in [4.69, 9.17) is 4.98 Å². The predicted octanol–water partition coefficient (Wildman–Crippen LogP) is 5.07. The highest BCUT2D eigenvalue weighted by Crippen LogP contribution is 2.40. The number of hydrogen-bond donors (Lipinski definition) is 2. The van der Waals surface area contributed by atoms with Crippen molar-refractivity contribution in [3.05, 3.63) is 108 Å². The number of piperidine rings is 1. The van der Waals surface area contributed by atoms with Gasteiger partial charge < -0.3 is 15.1 Å². The predicted molar refractivity (Wildman–Crippen MR) is 192 cm³/mol. The molecule has 12 nitrogen and oxygen atoms in total. The Labute approximate surface area is 299 Å². The highest BCUT2D eigenvalue weighted by atomic mass is 32.2. The number of hydrogen-bond acceptors (Lipinski definition) is 10. The van der Waals surface area contributed by atoms with E-state index in [0.717, 1.165) is 30.9 Å². The lowest BCUT2D eigenvalue weighted by Gasteiger charge is -2.56. The number of phenols is 1. The second-order valence-electron chi connectivity index (χ2n) is 13.4. The van der Waals surface area contributed by atoms with Crippen LogP contribution in [0.3, 0.4) is 0 Å². The van der Waals surface area contributed by atoms with E-state index in [9.17, 15) is 28.3 Å². The van der Waals surface area contributed by atoms with Gasteiger partial charge in [-0.1, -0.05) is 17.7 Å². The van der Waals surface area contributed by atoms with Crippen molar-refractivity contribution in [3.8, 4) is 34.2 Å². The van der Waals surface area contributed by atoms with E-state index in [1.165, 1.54) is 28.4 Å². The minimum Gasteiger partial charge on any atom is -0.508 e. The molecule has 0 amide bonds. The van der Waals surface area contributed by atoms with Crippen molar-refractivity contribution < 1.29 is 23.0 Å². The maximum atomic E-state index is 14.3. The molecule has 14 heteroatoms. The summed E-state index contributed by atoms with van der Waals surface area (Å²) in [5, 5.41) is 34.7. The normalized spacial score (nSPS) is 17.3. The van der Waals surface area contributed by atoms with Gasteiger partial charge in [0.2, 0.25) is 0 Å². The number of pyridine rings is 2. The van der Waals surface area contributed by atoms with Gasteiger partial charge >= 0.3 is 0 Å². The summed E-state index contributed by atoms with van der Waals surface area (Å²) in [7, 11) is -4.16. The Bertz CT molecular complexity index is 2440. The first kappa shape index (κ1) is 33.5. The minimum absolute atomic E-state index is 0.00632. The Morgan fingerprint density at radius 2 is 1.77 bits per heavy atom. The van der Waals surface area contributed by atoms with E-state index < -0.39 is 10.0 Å². The maximum absolute atomic E-state index is 14.3. The summed E-state index contributed by atoms with van der Waals surface area (Å²) in [6.45, 7) is 4.24. The molecule has 7 heterocycles. The van der Waals surface area contributed by atoms with E-state index in [0.29, 0.717) is 52.8 Å². The lowest BCUT2D eigenvalue weighted by molar-refractivity contribution is -0.00921. The van der Waals surface area contributed by atoms with Crippen molar-refractivity contribution >= 4 is 26.9 Å². The highest BCUT2D eigenvalue weighted by molar-refractivity contribution is 7.90. The number of anilines is 1. The molecule has 264 valence electrons. The fraction of sp³-hybridized carbons (Fsp3) is 0.263. The number of halogens is 1. The fourth-order valence-corrected chi connectivity index (χ4v) is 8.84. The van der Waals surface area contributed by atoms with Gasteiger partial charge in [0.05, 0.1) is 22.3 Å². The smallest absolute Gasteiger partial charge is 0.269 e.